The molecule has 0 saturated carbocycles. The number of nitrogens with one attached hydrogen (secondary N) is 1. The van der Waals surface area contributed by atoms with Crippen LogP contribution in [0.5, 0.6) is 0 Å². The van der Waals surface area contributed by atoms with Gasteiger partial charge in [-0.15, -0.1) is 0 Å². The van der Waals surface area contributed by atoms with Crippen molar-refractivity contribution in [3.05, 3.63) is 59.7 Å². The number of nitrogens with zero attached hydrogens (tertiary/aromatic N) is 2. The van der Waals surface area contributed by atoms with Crippen LogP contribution in [0, 0.1) is 11.3 Å². The topological polar surface area (TPSA) is 65.8 Å². The van der Waals surface area contributed by atoms with E-state index in [2.05, 4.69) is 16.4 Å². The molecule has 0 bridgehead atoms. The van der Waals surface area contributed by atoms with Crippen molar-refractivity contribution in [2.45, 2.75) is 0 Å². The van der Waals surface area contributed by atoms with Gasteiger partial charge in [-0.2, -0.15) is 5.26 Å². The van der Waals surface area contributed by atoms with Crippen LogP contribution in [0.15, 0.2) is 48.5 Å². The lowest BCUT2D eigenvalue weighted by Gasteiger charge is -2.00. The quantitative estimate of drug-likeness (QED) is 0.781. The second-order valence-electron chi connectivity index (χ2n) is 4.13. The summed E-state index contributed by atoms with van der Waals surface area (Å²) in [5, 5.41) is 12.2. The zero-order chi connectivity index (χ0) is 13.9. The number of hydrogen-bond acceptors (Lipinski definition) is 4. The summed E-state index contributed by atoms with van der Waals surface area (Å²) in [6.45, 7) is 0. The molecular formula is C15H9N3OS. The van der Waals surface area contributed by atoms with Crippen molar-refractivity contribution in [2.24, 2.45) is 0 Å². The second kappa shape index (κ2) is 5.11. The standard InChI is InChI=1S/C15H9N3OS/c16-9-10-6-7-12-13(8-10)20-15(17-12)18-14(19)11-4-2-1-3-5-11/h1-8H,(H,17,18,19). The van der Waals surface area contributed by atoms with Gasteiger partial charge in [-0.05, 0) is 30.3 Å². The Balaban J connectivity index is 1.88. The highest BCUT2D eigenvalue weighted by Crippen LogP contribution is 2.26. The van der Waals surface area contributed by atoms with Crippen molar-refractivity contribution in [2.75, 3.05) is 5.32 Å². The van der Waals surface area contributed by atoms with Gasteiger partial charge < -0.3 is 0 Å². The van der Waals surface area contributed by atoms with Crippen LogP contribution in [0.1, 0.15) is 15.9 Å². The third-order valence-corrected chi connectivity index (χ3v) is 3.71. The molecule has 20 heavy (non-hydrogen) atoms. The first kappa shape index (κ1) is 12.3. The highest BCUT2D eigenvalue weighted by atomic mass is 32.1. The third kappa shape index (κ3) is 2.37. The van der Waals surface area contributed by atoms with Gasteiger partial charge >= 0.3 is 0 Å². The average molecular weight is 279 g/mol. The van der Waals surface area contributed by atoms with Crippen molar-refractivity contribution >= 4 is 32.6 Å². The molecule has 0 unspecified atom stereocenters. The molecule has 0 fully saturated rings. The van der Waals surface area contributed by atoms with E-state index in [1.807, 2.05) is 18.2 Å². The van der Waals surface area contributed by atoms with Gasteiger partial charge in [-0.25, -0.2) is 4.98 Å². The third-order valence-electron chi connectivity index (χ3n) is 2.77. The summed E-state index contributed by atoms with van der Waals surface area (Å²) in [5.41, 5.74) is 1.95. The summed E-state index contributed by atoms with van der Waals surface area (Å²) < 4.78 is 0.882. The van der Waals surface area contributed by atoms with Gasteiger partial charge in [0.1, 0.15) is 0 Å². The number of fused-ring (bicyclic) bond motifs is 1. The van der Waals surface area contributed by atoms with Crippen molar-refractivity contribution < 1.29 is 4.79 Å². The highest BCUT2D eigenvalue weighted by molar-refractivity contribution is 7.22. The molecule has 4 nitrogen and oxygen atoms in total. The van der Waals surface area contributed by atoms with Gasteiger partial charge in [0, 0.05) is 5.56 Å². The van der Waals surface area contributed by atoms with E-state index in [1.165, 1.54) is 11.3 Å². The maximum Gasteiger partial charge on any atom is 0.257 e. The highest BCUT2D eigenvalue weighted by Gasteiger charge is 2.09. The molecule has 0 radical (unpaired) electrons. The van der Waals surface area contributed by atoms with Gasteiger partial charge in [0.2, 0.25) is 0 Å². The number of carbonyl (C=O) groups is 1. The minimum absolute atomic E-state index is 0.190. The molecule has 1 amide bonds. The van der Waals surface area contributed by atoms with Crippen LogP contribution >= 0.6 is 11.3 Å². The van der Waals surface area contributed by atoms with Crippen LogP contribution in [-0.2, 0) is 0 Å². The number of nitriles is 1. The molecular weight excluding hydrogens is 270 g/mol. The Hall–Kier alpha value is -2.71. The Morgan fingerprint density at radius 3 is 2.75 bits per heavy atom. The van der Waals surface area contributed by atoms with Crippen molar-refractivity contribution in [3.63, 3.8) is 0 Å². The SMILES string of the molecule is N#Cc1ccc2nc(NC(=O)c3ccccc3)sc2c1. The fourth-order valence-electron chi connectivity index (χ4n) is 1.81. The summed E-state index contributed by atoms with van der Waals surface area (Å²) in [5.74, 6) is -0.190. The molecule has 2 aromatic carbocycles. The number of anilines is 1. The molecule has 3 aromatic rings. The Morgan fingerprint density at radius 1 is 1.20 bits per heavy atom. The van der Waals surface area contributed by atoms with E-state index in [0.717, 1.165) is 10.2 Å². The van der Waals surface area contributed by atoms with E-state index < -0.39 is 0 Å². The smallest absolute Gasteiger partial charge is 0.257 e. The first-order valence-corrected chi connectivity index (χ1v) is 6.75. The summed E-state index contributed by atoms with van der Waals surface area (Å²) in [6.07, 6.45) is 0. The van der Waals surface area contributed by atoms with Crippen LogP contribution in [0.3, 0.4) is 0 Å². The minimum atomic E-state index is -0.190. The molecule has 1 N–H and O–H groups in total. The fraction of sp³-hybridized carbons (Fsp3) is 0. The molecule has 1 heterocycles. The average Bonchev–Trinajstić information content (AvgIpc) is 2.89. The number of rotatable bonds is 2. The predicted molar refractivity (Wildman–Crippen MR) is 78.7 cm³/mol. The van der Waals surface area contributed by atoms with Gasteiger partial charge in [0.05, 0.1) is 21.8 Å². The van der Waals surface area contributed by atoms with E-state index in [4.69, 9.17) is 5.26 Å². The van der Waals surface area contributed by atoms with Gasteiger partial charge in [-0.1, -0.05) is 29.5 Å². The normalized spacial score (nSPS) is 10.2. The zero-order valence-electron chi connectivity index (χ0n) is 10.3. The summed E-state index contributed by atoms with van der Waals surface area (Å²) >= 11 is 1.36. The number of hydrogen-bond donors (Lipinski definition) is 1. The Morgan fingerprint density at radius 2 is 2.00 bits per heavy atom. The molecule has 0 spiro atoms. The number of amides is 1. The van der Waals surface area contributed by atoms with E-state index in [-0.39, 0.29) is 5.91 Å². The maximum absolute atomic E-state index is 12.0. The first-order chi connectivity index (χ1) is 9.76. The van der Waals surface area contributed by atoms with Crippen LogP contribution in [0.25, 0.3) is 10.2 Å². The molecule has 1 aromatic heterocycles. The first-order valence-electron chi connectivity index (χ1n) is 5.93. The lowest BCUT2D eigenvalue weighted by Crippen LogP contribution is -2.11. The summed E-state index contributed by atoms with van der Waals surface area (Å²) in [6, 6.07) is 16.3. The fourth-order valence-corrected chi connectivity index (χ4v) is 2.71. The number of carbonyl (C=O) groups excluding carboxylic acids is 1. The maximum atomic E-state index is 12.0. The van der Waals surface area contributed by atoms with E-state index >= 15 is 0 Å². The molecule has 96 valence electrons. The molecule has 0 atom stereocenters. The Bertz CT molecular complexity index is 818. The van der Waals surface area contributed by atoms with Gasteiger partial charge in [-0.3, -0.25) is 10.1 Å². The molecule has 0 aliphatic carbocycles. The monoisotopic (exact) mass is 279 g/mol. The molecule has 0 saturated heterocycles. The molecule has 0 aliphatic rings. The van der Waals surface area contributed by atoms with Crippen molar-refractivity contribution in [3.8, 4) is 6.07 Å². The number of thiazole rings is 1. The number of aromatic nitrogens is 1. The van der Waals surface area contributed by atoms with E-state index in [9.17, 15) is 4.79 Å². The molecule has 5 heteroatoms. The van der Waals surface area contributed by atoms with Crippen LogP contribution in [0.4, 0.5) is 5.13 Å². The van der Waals surface area contributed by atoms with Crippen LogP contribution in [0.2, 0.25) is 0 Å². The Kier molecular flexibility index (Phi) is 3.15. The zero-order valence-corrected chi connectivity index (χ0v) is 11.1. The van der Waals surface area contributed by atoms with E-state index in [0.29, 0.717) is 16.3 Å². The lowest BCUT2D eigenvalue weighted by molar-refractivity contribution is 0.102. The van der Waals surface area contributed by atoms with Crippen LogP contribution in [-0.4, -0.2) is 10.9 Å². The Labute approximate surface area is 119 Å². The van der Waals surface area contributed by atoms with Crippen molar-refractivity contribution in [1.82, 2.24) is 4.98 Å². The molecule has 3 rings (SSSR count). The predicted octanol–water partition coefficient (Wildman–Crippen LogP) is 3.42. The van der Waals surface area contributed by atoms with Gasteiger partial charge in [0.15, 0.2) is 5.13 Å². The second-order valence-corrected chi connectivity index (χ2v) is 5.16. The van der Waals surface area contributed by atoms with E-state index in [1.54, 1.807) is 30.3 Å². The summed E-state index contributed by atoms with van der Waals surface area (Å²) in [7, 11) is 0. The van der Waals surface area contributed by atoms with Crippen LogP contribution < -0.4 is 5.32 Å². The lowest BCUT2D eigenvalue weighted by atomic mass is 10.2. The van der Waals surface area contributed by atoms with Gasteiger partial charge in [0.25, 0.3) is 5.91 Å². The molecule has 0 aliphatic heterocycles. The number of benzene rings is 2. The summed E-state index contributed by atoms with van der Waals surface area (Å²) in [4.78, 5) is 16.3. The minimum Gasteiger partial charge on any atom is -0.298 e. The largest absolute Gasteiger partial charge is 0.298 e. The van der Waals surface area contributed by atoms with Crippen molar-refractivity contribution in [1.29, 1.82) is 5.26 Å².